The second-order valence-electron chi connectivity index (χ2n) is 18.7. The zero-order valence-electron chi connectivity index (χ0n) is 32.8. The quantitative estimate of drug-likeness (QED) is 0.163. The molecule has 0 aromatic carbocycles. The van der Waals surface area contributed by atoms with E-state index in [9.17, 15) is 32.4 Å². The first-order chi connectivity index (χ1) is 24.8. The molecule has 0 radical (unpaired) electrons. The number of sulfone groups is 1. The van der Waals surface area contributed by atoms with Crippen molar-refractivity contribution in [3.8, 4) is 12.3 Å². The topological polar surface area (TPSA) is 171 Å². The largest absolute Gasteiger partial charge is 0.344 e. The van der Waals surface area contributed by atoms with Crippen molar-refractivity contribution in [1.82, 2.24) is 26.2 Å². The number of rotatable bonds is 13. The van der Waals surface area contributed by atoms with Crippen molar-refractivity contribution in [1.29, 1.82) is 0 Å². The predicted octanol–water partition coefficient (Wildman–Crippen LogP) is 4.02. The minimum Gasteiger partial charge on any atom is -0.344 e. The van der Waals surface area contributed by atoms with E-state index in [1.807, 2.05) is 6.92 Å². The molecule has 0 spiro atoms. The number of ketones is 1. The van der Waals surface area contributed by atoms with Gasteiger partial charge in [-0.3, -0.25) is 19.2 Å². The number of nitrogens with one attached hydrogen (secondary N) is 4. The van der Waals surface area contributed by atoms with Gasteiger partial charge in [0.25, 0.3) is 5.91 Å². The zero-order valence-corrected chi connectivity index (χ0v) is 33.6. The molecule has 12 nitrogen and oxygen atoms in total. The second kappa shape index (κ2) is 15.5. The Morgan fingerprint density at radius 2 is 1.49 bits per heavy atom. The van der Waals surface area contributed by atoms with E-state index in [4.69, 9.17) is 6.42 Å². The molecule has 1 aliphatic heterocycles. The fourth-order valence-corrected chi connectivity index (χ4v) is 11.1. The number of likely N-dealkylation sites (tertiary alicyclic amines) is 1. The number of hydrogen-bond donors (Lipinski definition) is 4. The number of nitrogens with zero attached hydrogens (tertiary/aromatic N) is 1. The lowest BCUT2D eigenvalue weighted by Crippen LogP contribution is -2.65. The molecule has 296 valence electrons. The third kappa shape index (κ3) is 8.73. The van der Waals surface area contributed by atoms with Crippen molar-refractivity contribution < 1.29 is 32.4 Å². The van der Waals surface area contributed by atoms with Gasteiger partial charge >= 0.3 is 6.03 Å². The van der Waals surface area contributed by atoms with E-state index in [2.05, 4.69) is 41.0 Å². The van der Waals surface area contributed by atoms with Crippen molar-refractivity contribution in [2.24, 2.45) is 28.6 Å². The summed E-state index contributed by atoms with van der Waals surface area (Å²) < 4.78 is 25.9. The lowest BCUT2D eigenvalue weighted by Gasteiger charge is -2.44. The number of amides is 5. The van der Waals surface area contributed by atoms with Crippen LogP contribution in [0.1, 0.15) is 131 Å². The SMILES string of the molecule is C#CCNC(=O)C(=O)C(CC1CCC1)NC(=O)[C@@H]1[C@@H]2[C@H](CN1C(=O)[C@@H](NC(=O)NC1(CS(=O)(=O)C(C)(C)C)CCCCC1)C1(C)CCCCC1)C2(C)C. The summed E-state index contributed by atoms with van der Waals surface area (Å²) in [5, 5.41) is 11.5. The van der Waals surface area contributed by atoms with E-state index in [-0.39, 0.29) is 41.4 Å². The first kappa shape index (κ1) is 41.0. The zero-order chi connectivity index (χ0) is 39.0. The third-order valence-electron chi connectivity index (χ3n) is 13.6. The van der Waals surface area contributed by atoms with E-state index in [1.165, 1.54) is 0 Å². The Balaban J connectivity index is 1.40. The van der Waals surface area contributed by atoms with Crippen LogP contribution in [0.15, 0.2) is 0 Å². The smallest absolute Gasteiger partial charge is 0.315 e. The van der Waals surface area contributed by atoms with Crippen molar-refractivity contribution >= 4 is 39.4 Å². The van der Waals surface area contributed by atoms with E-state index in [0.717, 1.165) is 57.8 Å². The molecule has 4 saturated carbocycles. The summed E-state index contributed by atoms with van der Waals surface area (Å²) in [7, 11) is -3.57. The monoisotopic (exact) mass is 757 g/mol. The van der Waals surface area contributed by atoms with Crippen LogP contribution in [0.2, 0.25) is 0 Å². The molecule has 1 heterocycles. The van der Waals surface area contributed by atoms with E-state index >= 15 is 0 Å². The van der Waals surface area contributed by atoms with Gasteiger partial charge in [-0.25, -0.2) is 13.2 Å². The summed E-state index contributed by atoms with van der Waals surface area (Å²) in [5.74, 6) is -0.174. The molecule has 53 heavy (non-hydrogen) atoms. The van der Waals surface area contributed by atoms with Crippen LogP contribution in [-0.4, -0.2) is 90.1 Å². The van der Waals surface area contributed by atoms with Crippen molar-refractivity contribution in [3.63, 3.8) is 0 Å². The lowest BCUT2D eigenvalue weighted by atomic mass is 9.70. The lowest BCUT2D eigenvalue weighted by molar-refractivity contribution is -0.146. The first-order valence-electron chi connectivity index (χ1n) is 19.9. The van der Waals surface area contributed by atoms with Gasteiger partial charge in [0.1, 0.15) is 12.1 Å². The van der Waals surface area contributed by atoms with Gasteiger partial charge in [-0.1, -0.05) is 84.5 Å². The highest BCUT2D eigenvalue weighted by Crippen LogP contribution is 2.65. The molecule has 4 N–H and O–H groups in total. The molecule has 5 aliphatic rings. The normalized spacial score (nSPS) is 27.1. The van der Waals surface area contributed by atoms with Crippen LogP contribution in [0.5, 0.6) is 0 Å². The van der Waals surface area contributed by atoms with Crippen LogP contribution < -0.4 is 21.3 Å². The third-order valence-corrected chi connectivity index (χ3v) is 16.4. The molecule has 5 fully saturated rings. The highest BCUT2D eigenvalue weighted by atomic mass is 32.2. The molecule has 5 amide bonds. The van der Waals surface area contributed by atoms with Gasteiger partial charge in [-0.05, 0) is 81.5 Å². The van der Waals surface area contributed by atoms with E-state index in [1.54, 1.807) is 25.7 Å². The van der Waals surface area contributed by atoms with Gasteiger partial charge in [0, 0.05) is 6.54 Å². The Kier molecular flexibility index (Phi) is 12.0. The van der Waals surface area contributed by atoms with Crippen molar-refractivity contribution in [2.45, 2.75) is 160 Å². The predicted molar refractivity (Wildman–Crippen MR) is 203 cm³/mol. The van der Waals surface area contributed by atoms with Gasteiger partial charge in [0.2, 0.25) is 17.6 Å². The number of piperidine rings is 1. The number of terminal acetylenes is 1. The summed E-state index contributed by atoms with van der Waals surface area (Å²) in [4.78, 5) is 71.1. The first-order valence-corrected chi connectivity index (χ1v) is 21.6. The van der Waals surface area contributed by atoms with E-state index in [0.29, 0.717) is 38.6 Å². The molecular formula is C40H63N5O7S. The average molecular weight is 758 g/mol. The Labute approximate surface area is 316 Å². The molecule has 0 aromatic rings. The molecule has 4 aliphatic carbocycles. The fourth-order valence-electron chi connectivity index (χ4n) is 9.61. The fraction of sp³-hybridized carbons (Fsp3) is 0.825. The standard InChI is InChI=1S/C40H63N5O7S/c1-8-22-41-34(48)31(46)28(23-26-16-15-17-26)42-33(47)30-29-27(38(29,5)6)24-45(30)35(49)32(39(7)18-11-9-12-19-39)43-36(50)44-40(20-13-10-14-21-40)25-53(51,52)37(2,3)4/h1,26-30,32H,9-25H2,2-7H3,(H,41,48)(H,42,47)(H2,43,44,50)/t27-,28?,29-,30-,32+/m0/s1. The summed E-state index contributed by atoms with van der Waals surface area (Å²) in [6, 6.07) is -3.46. The Morgan fingerprint density at radius 1 is 0.887 bits per heavy atom. The second-order valence-corrected chi connectivity index (χ2v) is 21.4. The maximum atomic E-state index is 14.9. The molecule has 5 atom stereocenters. The molecular weight excluding hydrogens is 695 g/mol. The summed E-state index contributed by atoms with van der Waals surface area (Å²) in [5.41, 5.74) is -1.76. The number of hydrogen-bond acceptors (Lipinski definition) is 7. The Morgan fingerprint density at radius 3 is 2.04 bits per heavy atom. The van der Waals surface area contributed by atoms with Gasteiger partial charge in [-0.2, -0.15) is 0 Å². The molecule has 1 saturated heterocycles. The minimum absolute atomic E-state index is 0.0589. The number of carbonyl (C=O) groups is 5. The summed E-state index contributed by atoms with van der Waals surface area (Å²) in [6.07, 6.45) is 16.3. The maximum Gasteiger partial charge on any atom is 0.315 e. The van der Waals surface area contributed by atoms with Crippen molar-refractivity contribution in [2.75, 3.05) is 18.8 Å². The summed E-state index contributed by atoms with van der Waals surface area (Å²) in [6.45, 7) is 11.4. The van der Waals surface area contributed by atoms with Crippen LogP contribution in [0.4, 0.5) is 4.79 Å². The van der Waals surface area contributed by atoms with Crippen LogP contribution >= 0.6 is 0 Å². The number of fused-ring (bicyclic) bond motifs is 1. The number of Topliss-reactive ketones (excluding diaryl/α,β-unsaturated/α-hetero) is 1. The minimum atomic E-state index is -3.57. The van der Waals surface area contributed by atoms with Crippen LogP contribution in [0, 0.1) is 40.9 Å². The molecule has 1 unspecified atom stereocenters. The van der Waals surface area contributed by atoms with Crippen LogP contribution in [0.25, 0.3) is 0 Å². The Bertz CT molecular complexity index is 1580. The number of urea groups is 1. The van der Waals surface area contributed by atoms with Crippen LogP contribution in [-0.2, 0) is 29.0 Å². The highest BCUT2D eigenvalue weighted by Gasteiger charge is 2.70. The molecule has 5 rings (SSSR count). The van der Waals surface area contributed by atoms with Gasteiger partial charge < -0.3 is 26.2 Å². The molecule has 0 bridgehead atoms. The molecule has 13 heteroatoms. The maximum absolute atomic E-state index is 14.9. The highest BCUT2D eigenvalue weighted by molar-refractivity contribution is 7.92. The van der Waals surface area contributed by atoms with Gasteiger partial charge in [0.15, 0.2) is 9.84 Å². The van der Waals surface area contributed by atoms with Crippen molar-refractivity contribution in [3.05, 3.63) is 0 Å². The van der Waals surface area contributed by atoms with Crippen LogP contribution in [0.3, 0.4) is 0 Å². The Hall–Kier alpha value is -3.14. The average Bonchev–Trinajstić information content (AvgIpc) is 3.36. The summed E-state index contributed by atoms with van der Waals surface area (Å²) >= 11 is 0. The van der Waals surface area contributed by atoms with Gasteiger partial charge in [-0.15, -0.1) is 6.42 Å². The number of carbonyl (C=O) groups excluding carboxylic acids is 5. The van der Waals surface area contributed by atoms with Gasteiger partial charge in [0.05, 0.1) is 28.6 Å². The molecule has 0 aromatic heterocycles. The van der Waals surface area contributed by atoms with E-state index < -0.39 is 67.3 Å².